The van der Waals surface area contributed by atoms with Crippen LogP contribution in [0, 0.1) is 0 Å². The van der Waals surface area contributed by atoms with Crippen LogP contribution in [0.1, 0.15) is 140 Å². The molecule has 6 aliphatic heterocycles. The second-order valence-electron chi connectivity index (χ2n) is 29.9. The maximum Gasteiger partial charge on any atom is 0.471 e. The zero-order valence-corrected chi connectivity index (χ0v) is 69.4. The molecular formula is C80H103ClF6N10O14P2Si2. The minimum Gasteiger partial charge on any atom is -0.390 e. The number of fused-ring (bicyclic) bond motifs is 2. The number of nitrogens with one attached hydrogen (secondary N) is 6. The van der Waals surface area contributed by atoms with Crippen LogP contribution in [0.4, 0.5) is 26.3 Å². The summed E-state index contributed by atoms with van der Waals surface area (Å²) in [5.41, 5.74) is -2.47. The molecule has 8 heterocycles. The first kappa shape index (κ1) is 89.8. The number of aliphatic hydroxyl groups excluding tert-OH is 1. The van der Waals surface area contributed by atoms with Gasteiger partial charge in [0.05, 0.1) is 47.8 Å². The van der Waals surface area contributed by atoms with E-state index in [9.17, 15) is 69.8 Å². The number of hydrogen-bond acceptors (Lipinski definition) is 16. The highest BCUT2D eigenvalue weighted by Crippen LogP contribution is 2.60. The van der Waals surface area contributed by atoms with Gasteiger partial charge in [-0.15, -0.1) is 0 Å². The summed E-state index contributed by atoms with van der Waals surface area (Å²) in [6.45, 7) is 11.2. The summed E-state index contributed by atoms with van der Waals surface area (Å²) in [6, 6.07) is 46.4. The molecule has 6 aliphatic rings. The number of carbonyl (C=O) groups is 4. The Morgan fingerprint density at radius 3 is 1.31 bits per heavy atom. The van der Waals surface area contributed by atoms with Crippen LogP contribution in [0.2, 0.25) is 25.2 Å². The van der Waals surface area contributed by atoms with Crippen LogP contribution in [0.5, 0.6) is 0 Å². The molecule has 0 radical (unpaired) electrons. The van der Waals surface area contributed by atoms with Crippen molar-refractivity contribution in [3.8, 4) is 0 Å². The summed E-state index contributed by atoms with van der Waals surface area (Å²) in [6.07, 6.45) is 5.62. The van der Waals surface area contributed by atoms with Crippen LogP contribution in [-0.4, -0.2) is 174 Å². The fourth-order valence-corrected chi connectivity index (χ4v) is 27.7. The van der Waals surface area contributed by atoms with E-state index in [2.05, 4.69) is 164 Å². The van der Waals surface area contributed by atoms with E-state index in [1.54, 1.807) is 5.32 Å². The average molecular weight is 1700 g/mol. The largest absolute Gasteiger partial charge is 0.471 e. The number of unbranched alkanes of at least 4 members (excludes halogenated alkanes) is 6. The molecule has 0 aliphatic carbocycles. The molecule has 0 saturated carbocycles. The summed E-state index contributed by atoms with van der Waals surface area (Å²) in [4.78, 5) is 100. The number of ether oxygens (including phenoxy) is 2. The van der Waals surface area contributed by atoms with Crippen molar-refractivity contribution in [1.29, 1.82) is 0 Å². The molecule has 624 valence electrons. The number of nitrogens with zero attached hydrogens (tertiary/aromatic N) is 4. The SMILES string of the molecule is CC[C@H]1O[C@@H](n2cc(/C=C/C(=O)NCCCCCCNC(=O)C(F)(F)F)c(=O)[nH]c2=O)CC1O.CC[C@H]1O[C@@H](n2cc(/C=C/C(=O)NCCCCCCNC(=O)C(F)(F)F)c(=O)[nH]c2=O)CC1OP1O[C@H](C[Si](C)(c2ccccc2)c2ccccc2)[C@@H]2CCCN21.C[Si](C[C@H]1OP(Cl)N2CCC[C@@H]12)(c1ccccc1)c1ccccc1. The van der Waals surface area contributed by atoms with Gasteiger partial charge in [0.15, 0.2) is 0 Å². The maximum absolute atomic E-state index is 13.1. The normalized spacial score (nSPS) is 23.6. The molecule has 2 aromatic heterocycles. The average Bonchev–Trinajstić information content (AvgIpc) is 1.64. The van der Waals surface area contributed by atoms with E-state index in [0.29, 0.717) is 89.8 Å². The van der Waals surface area contributed by atoms with Crippen molar-refractivity contribution in [3.63, 3.8) is 0 Å². The fraction of sp³-hybridized carbons (Fsp3) is 0.500. The number of H-pyrrole nitrogens is 2. The second-order valence-corrected chi connectivity index (χ2v) is 41.8. The van der Waals surface area contributed by atoms with E-state index in [4.69, 9.17) is 34.3 Å². The Hall–Kier alpha value is -7.56. The van der Waals surface area contributed by atoms with Crippen LogP contribution < -0.4 is 64.5 Å². The molecule has 6 aromatic rings. The van der Waals surface area contributed by atoms with Gasteiger partial charge < -0.3 is 49.4 Å². The Bertz CT molecular complexity index is 4410. The van der Waals surface area contributed by atoms with Crippen LogP contribution in [0.15, 0.2) is 165 Å². The highest BCUT2D eigenvalue weighted by Gasteiger charge is 2.53. The van der Waals surface area contributed by atoms with Crippen molar-refractivity contribution in [1.82, 2.24) is 49.7 Å². The molecular weight excluding hydrogens is 1590 g/mol. The van der Waals surface area contributed by atoms with Gasteiger partial charge >= 0.3 is 35.5 Å². The first-order chi connectivity index (χ1) is 55.1. The Morgan fingerprint density at radius 1 is 0.539 bits per heavy atom. The third-order valence-corrected chi connectivity index (χ3v) is 34.7. The molecule has 0 spiro atoms. The first-order valence-electron chi connectivity index (χ1n) is 39.4. The van der Waals surface area contributed by atoms with Crippen LogP contribution in [-0.2, 0) is 42.2 Å². The van der Waals surface area contributed by atoms with Crippen molar-refractivity contribution < 1.29 is 73.7 Å². The van der Waals surface area contributed by atoms with Crippen molar-refractivity contribution in [3.05, 3.63) is 199 Å². The van der Waals surface area contributed by atoms with E-state index >= 15 is 0 Å². The molecule has 6 saturated heterocycles. The molecule has 12 rings (SSSR count). The van der Waals surface area contributed by atoms with Crippen LogP contribution in [0.25, 0.3) is 12.2 Å². The smallest absolute Gasteiger partial charge is 0.390 e. The molecule has 6 fully saturated rings. The third-order valence-electron chi connectivity index (χ3n) is 21.9. The number of halogens is 7. The maximum atomic E-state index is 13.1. The highest BCUT2D eigenvalue weighted by molar-refractivity contribution is 7.78. The van der Waals surface area contributed by atoms with Gasteiger partial charge in [0.1, 0.15) is 28.6 Å². The van der Waals surface area contributed by atoms with Crippen molar-refractivity contribution in [2.75, 3.05) is 39.3 Å². The zero-order chi connectivity index (χ0) is 82.5. The third kappa shape index (κ3) is 24.3. The molecule has 12 atom stereocenters. The van der Waals surface area contributed by atoms with E-state index < -0.39 is 115 Å². The quantitative estimate of drug-likeness (QED) is 0.00679. The van der Waals surface area contributed by atoms with Crippen LogP contribution in [0.3, 0.4) is 0 Å². The van der Waals surface area contributed by atoms with E-state index in [0.717, 1.165) is 44.1 Å². The van der Waals surface area contributed by atoms with Gasteiger partial charge in [-0.2, -0.15) is 26.3 Å². The summed E-state index contributed by atoms with van der Waals surface area (Å²) >= 11 is 6.51. The topological polar surface area (TPSA) is 299 Å². The zero-order valence-electron chi connectivity index (χ0n) is 64.8. The molecule has 4 aromatic carbocycles. The van der Waals surface area contributed by atoms with Crippen molar-refractivity contribution in [2.45, 2.75) is 215 Å². The number of benzene rings is 4. The minimum atomic E-state index is -4.90. The first-order valence-corrected chi connectivity index (χ1v) is 48.1. The molecule has 4 unspecified atom stereocenters. The predicted octanol–water partition coefficient (Wildman–Crippen LogP) is 10.1. The monoisotopic (exact) mass is 1690 g/mol. The standard InChI is InChI=1S/C40H51F3N5O7PSi.C21H29F3N4O6.C19H23ClNOPSi/c1-3-32-33(54-56-48-24-14-19-31(48)34(55-56)27-57(2,29-15-8-6-9-16-29)30-17-10-7-11-18-30)25-36(53-32)47-26-28(37(50)46-39(47)52)20-21-35(49)44-22-12-4-5-13-23-45-38(51)40(41,42)43;1-2-15-14(29)11-17(34-15)28-12-13(18(31)27-20(28)33)7-8-16(30)25-9-5-3-4-6-10-26-19(32)21(22,23)24;1-24(16-9-4-2-5-10-16,17-11-6-3-7-12-17)15-19-18-13-8-14-21(18)23(20)22-19/h6-11,15-18,20-21,26,31-34,36H,3-5,12-14,19,22-25,27H2,1-2H3,(H,44,49)(H,45,51)(H,46,50,52);7-8,12,14-15,17,29H,2-6,9-11H2,1H3,(H,25,30)(H,26,32)(H,27,31,33);2-7,9-12,18-19H,8,13-15H2,1H3/b21-20+;8-7+;/t31-,32+,33?,34+,36+,56?;14?,15-,17-;18-,19+,23?/m010/s1. The summed E-state index contributed by atoms with van der Waals surface area (Å²) < 4.78 is 112. The van der Waals surface area contributed by atoms with Gasteiger partial charge in [-0.25, -0.2) is 18.9 Å². The number of alkyl halides is 6. The summed E-state index contributed by atoms with van der Waals surface area (Å²) in [7, 11) is -6.32. The Kier molecular flexibility index (Phi) is 33.0. The summed E-state index contributed by atoms with van der Waals surface area (Å²) in [5, 5.41) is 24.6. The Morgan fingerprint density at radius 2 is 0.913 bits per heavy atom. The number of aromatic nitrogens is 4. The lowest BCUT2D eigenvalue weighted by atomic mass is 10.1. The van der Waals surface area contributed by atoms with Crippen molar-refractivity contribution >= 4 is 100 Å². The number of carbonyl (C=O) groups excluding carboxylic acids is 4. The number of hydrogen-bond donors (Lipinski definition) is 7. The number of rotatable bonds is 32. The second kappa shape index (κ2) is 42.2. The van der Waals surface area contributed by atoms with E-state index in [1.165, 1.54) is 73.3 Å². The number of aliphatic hydroxyl groups is 1. The molecule has 4 amide bonds. The lowest BCUT2D eigenvalue weighted by Crippen LogP contribution is -2.58. The van der Waals surface area contributed by atoms with Gasteiger partial charge in [-0.05, 0) is 99.7 Å². The lowest BCUT2D eigenvalue weighted by Gasteiger charge is -2.32. The van der Waals surface area contributed by atoms with Crippen molar-refractivity contribution in [2.24, 2.45) is 0 Å². The minimum absolute atomic E-state index is 0.0115. The molecule has 24 nitrogen and oxygen atoms in total. The predicted molar refractivity (Wildman–Crippen MR) is 436 cm³/mol. The molecule has 35 heteroatoms. The van der Waals surface area contributed by atoms with E-state index in [1.807, 2.05) is 19.2 Å². The Labute approximate surface area is 673 Å². The van der Waals surface area contributed by atoms with Gasteiger partial charge in [0.25, 0.3) is 19.6 Å². The number of aromatic amines is 2. The van der Waals surface area contributed by atoms with Gasteiger partial charge in [-0.3, -0.25) is 47.9 Å². The summed E-state index contributed by atoms with van der Waals surface area (Å²) in [5.74, 6) is -4.83. The van der Waals surface area contributed by atoms with E-state index in [-0.39, 0.29) is 61.1 Å². The molecule has 0 bridgehead atoms. The fourth-order valence-electron chi connectivity index (χ4n) is 15.5. The van der Waals surface area contributed by atoms with Crippen LogP contribution >= 0.6 is 27.4 Å². The van der Waals surface area contributed by atoms with Gasteiger partial charge in [-0.1, -0.05) is 195 Å². The molecule has 7 N–H and O–H groups in total. The lowest BCUT2D eigenvalue weighted by molar-refractivity contribution is -0.173. The molecule has 115 heavy (non-hydrogen) atoms. The number of amides is 4. The van der Waals surface area contributed by atoms with Gasteiger partial charge in [0.2, 0.25) is 19.5 Å². The Balaban J connectivity index is 0.000000203. The van der Waals surface area contributed by atoms with Gasteiger partial charge in [0, 0.05) is 88.7 Å². The highest BCUT2D eigenvalue weighted by atomic mass is 35.7.